The van der Waals surface area contributed by atoms with Gasteiger partial charge in [-0.3, -0.25) is 0 Å². The monoisotopic (exact) mass is 394 g/mol. The normalized spacial score (nSPS) is 25.0. The molecule has 3 rings (SSSR count). The number of benzene rings is 1. The first-order valence-electron chi connectivity index (χ1n) is 7.93. The summed E-state index contributed by atoms with van der Waals surface area (Å²) in [7, 11) is -7.11. The molecular formula is C15H23ClN2O4S2. The highest BCUT2D eigenvalue weighted by atomic mass is 35.5. The molecule has 2 aliphatic heterocycles. The Labute approximate surface area is 150 Å². The zero-order valence-corrected chi connectivity index (χ0v) is 16.0. The van der Waals surface area contributed by atoms with E-state index in [9.17, 15) is 16.8 Å². The maximum Gasteiger partial charge on any atom is 0.243 e. The van der Waals surface area contributed by atoms with Crippen molar-refractivity contribution >= 4 is 32.3 Å². The minimum absolute atomic E-state index is 0. The Bertz CT molecular complexity index is 781. The fourth-order valence-electron chi connectivity index (χ4n) is 3.45. The van der Waals surface area contributed by atoms with Crippen LogP contribution in [0.5, 0.6) is 0 Å². The van der Waals surface area contributed by atoms with Gasteiger partial charge in [-0.05, 0) is 44.0 Å². The number of nitrogens with one attached hydrogen (secondary N) is 1. The van der Waals surface area contributed by atoms with E-state index in [-0.39, 0.29) is 40.0 Å². The molecule has 2 bridgehead atoms. The summed E-state index contributed by atoms with van der Waals surface area (Å²) in [5.74, 6) is -0.0462. The van der Waals surface area contributed by atoms with Crippen LogP contribution in [0.25, 0.3) is 0 Å². The summed E-state index contributed by atoms with van der Waals surface area (Å²) >= 11 is 0. The first-order valence-corrected chi connectivity index (χ1v) is 11.0. The van der Waals surface area contributed by atoms with E-state index in [2.05, 4.69) is 5.32 Å². The van der Waals surface area contributed by atoms with Gasteiger partial charge in [0.25, 0.3) is 0 Å². The molecule has 24 heavy (non-hydrogen) atoms. The fraction of sp³-hybridized carbons (Fsp3) is 0.600. The molecular weight excluding hydrogens is 372 g/mol. The zero-order chi connectivity index (χ0) is 16.7. The average molecular weight is 395 g/mol. The molecule has 1 aromatic rings. The van der Waals surface area contributed by atoms with Gasteiger partial charge >= 0.3 is 0 Å². The van der Waals surface area contributed by atoms with Crippen molar-refractivity contribution in [2.24, 2.45) is 0 Å². The van der Waals surface area contributed by atoms with Crippen LogP contribution in [0.4, 0.5) is 0 Å². The number of halogens is 1. The number of fused-ring (bicyclic) bond motifs is 2. The Balaban J connectivity index is 0.00000208. The Kier molecular flexibility index (Phi) is 5.97. The van der Waals surface area contributed by atoms with Gasteiger partial charge in [-0.25, -0.2) is 16.8 Å². The van der Waals surface area contributed by atoms with Gasteiger partial charge in [-0.1, -0.05) is 13.0 Å². The molecule has 0 saturated carbocycles. The van der Waals surface area contributed by atoms with Crippen molar-refractivity contribution < 1.29 is 16.8 Å². The summed E-state index contributed by atoms with van der Waals surface area (Å²) < 4.78 is 51.8. The Morgan fingerprint density at radius 2 is 1.75 bits per heavy atom. The number of rotatable bonds is 4. The van der Waals surface area contributed by atoms with Crippen molar-refractivity contribution in [3.05, 3.63) is 24.3 Å². The van der Waals surface area contributed by atoms with Gasteiger partial charge in [-0.15, -0.1) is 12.4 Å². The second kappa shape index (κ2) is 7.29. The van der Waals surface area contributed by atoms with E-state index >= 15 is 0 Å². The van der Waals surface area contributed by atoms with Crippen molar-refractivity contribution in [3.8, 4) is 0 Å². The summed E-state index contributed by atoms with van der Waals surface area (Å²) in [6.45, 7) is 3.03. The molecule has 2 heterocycles. The van der Waals surface area contributed by atoms with E-state index in [1.807, 2.05) is 0 Å². The molecule has 136 valence electrons. The van der Waals surface area contributed by atoms with Gasteiger partial charge in [-0.2, -0.15) is 4.31 Å². The predicted octanol–water partition coefficient (Wildman–Crippen LogP) is 1.42. The fourth-order valence-corrected chi connectivity index (χ4v) is 6.39. The molecule has 0 aliphatic carbocycles. The van der Waals surface area contributed by atoms with Crippen LogP contribution in [0.3, 0.4) is 0 Å². The first kappa shape index (κ1) is 19.7. The molecule has 0 radical (unpaired) electrons. The van der Waals surface area contributed by atoms with E-state index in [0.29, 0.717) is 6.54 Å². The van der Waals surface area contributed by atoms with E-state index in [0.717, 1.165) is 25.8 Å². The highest BCUT2D eigenvalue weighted by molar-refractivity contribution is 7.91. The second-order valence-corrected chi connectivity index (χ2v) is 10.2. The van der Waals surface area contributed by atoms with Crippen LogP contribution < -0.4 is 5.32 Å². The number of sulfonamides is 1. The van der Waals surface area contributed by atoms with Gasteiger partial charge < -0.3 is 5.32 Å². The van der Waals surface area contributed by atoms with Crippen molar-refractivity contribution in [1.29, 1.82) is 0 Å². The molecule has 2 unspecified atom stereocenters. The summed E-state index contributed by atoms with van der Waals surface area (Å²) in [4.78, 5) is 0.146. The molecule has 0 amide bonds. The maximum atomic E-state index is 13.1. The largest absolute Gasteiger partial charge is 0.315 e. The van der Waals surface area contributed by atoms with Crippen LogP contribution in [0, 0.1) is 0 Å². The molecule has 2 atom stereocenters. The number of sulfone groups is 1. The smallest absolute Gasteiger partial charge is 0.243 e. The zero-order valence-electron chi connectivity index (χ0n) is 13.5. The van der Waals surface area contributed by atoms with Crippen molar-refractivity contribution in [3.63, 3.8) is 0 Å². The van der Waals surface area contributed by atoms with E-state index < -0.39 is 19.9 Å². The minimum Gasteiger partial charge on any atom is -0.315 e. The van der Waals surface area contributed by atoms with Crippen LogP contribution >= 0.6 is 12.4 Å². The highest BCUT2D eigenvalue weighted by Crippen LogP contribution is 2.34. The average Bonchev–Trinajstić information content (AvgIpc) is 2.81. The lowest BCUT2D eigenvalue weighted by molar-refractivity contribution is 0.334. The van der Waals surface area contributed by atoms with E-state index in [1.165, 1.54) is 24.3 Å². The molecule has 1 N–H and O–H groups in total. The molecule has 0 spiro atoms. The Morgan fingerprint density at radius 3 is 2.46 bits per heavy atom. The third kappa shape index (κ3) is 3.48. The minimum atomic E-state index is -3.68. The molecule has 0 aromatic heterocycles. The number of hydrogen-bond donors (Lipinski definition) is 1. The Morgan fingerprint density at radius 1 is 1.08 bits per heavy atom. The van der Waals surface area contributed by atoms with Gasteiger partial charge in [0, 0.05) is 18.6 Å². The van der Waals surface area contributed by atoms with Crippen LogP contribution in [-0.4, -0.2) is 52.1 Å². The van der Waals surface area contributed by atoms with Gasteiger partial charge in [0.1, 0.15) is 0 Å². The maximum absolute atomic E-state index is 13.1. The quantitative estimate of drug-likeness (QED) is 0.834. The SMILES string of the molecule is CCS(=O)(=O)c1cccc(S(=O)(=O)N2C3CCNCC2CC3)c1.Cl. The summed E-state index contributed by atoms with van der Waals surface area (Å²) in [6, 6.07) is 5.71. The lowest BCUT2D eigenvalue weighted by Crippen LogP contribution is -2.42. The van der Waals surface area contributed by atoms with Crippen LogP contribution in [0.15, 0.2) is 34.1 Å². The van der Waals surface area contributed by atoms with Crippen LogP contribution in [0.1, 0.15) is 26.2 Å². The van der Waals surface area contributed by atoms with Crippen molar-refractivity contribution in [1.82, 2.24) is 9.62 Å². The van der Waals surface area contributed by atoms with Gasteiger partial charge in [0.2, 0.25) is 10.0 Å². The standard InChI is InChI=1S/C15H22N2O4S2.ClH/c1-2-22(18,19)14-4-3-5-15(10-14)23(20,21)17-12-6-7-13(17)11-16-9-8-12;/h3-5,10,12-13,16H,2,6-9,11H2,1H3;1H. The van der Waals surface area contributed by atoms with Crippen molar-refractivity contribution in [2.75, 3.05) is 18.8 Å². The van der Waals surface area contributed by atoms with E-state index in [1.54, 1.807) is 11.2 Å². The lowest BCUT2D eigenvalue weighted by Gasteiger charge is -2.27. The van der Waals surface area contributed by atoms with Crippen molar-refractivity contribution in [2.45, 2.75) is 48.1 Å². The number of hydrogen-bond acceptors (Lipinski definition) is 5. The Hall–Kier alpha value is -0.670. The highest BCUT2D eigenvalue weighted by Gasteiger charge is 2.43. The molecule has 6 nitrogen and oxygen atoms in total. The second-order valence-electron chi connectivity index (χ2n) is 6.09. The van der Waals surface area contributed by atoms with Gasteiger partial charge in [0.15, 0.2) is 9.84 Å². The third-order valence-corrected chi connectivity index (χ3v) is 8.44. The molecule has 2 aliphatic rings. The topological polar surface area (TPSA) is 83.5 Å². The molecule has 2 fully saturated rings. The first-order chi connectivity index (χ1) is 10.9. The third-order valence-electron chi connectivity index (χ3n) is 4.71. The number of nitrogens with zero attached hydrogens (tertiary/aromatic N) is 1. The molecule has 2 saturated heterocycles. The predicted molar refractivity (Wildman–Crippen MR) is 94.7 cm³/mol. The van der Waals surface area contributed by atoms with E-state index in [4.69, 9.17) is 0 Å². The summed E-state index contributed by atoms with van der Waals surface area (Å²) in [6.07, 6.45) is 2.52. The summed E-state index contributed by atoms with van der Waals surface area (Å²) in [5.41, 5.74) is 0. The van der Waals surface area contributed by atoms with Gasteiger partial charge in [0.05, 0.1) is 15.5 Å². The lowest BCUT2D eigenvalue weighted by atomic mass is 10.1. The molecule has 9 heteroatoms. The van der Waals surface area contributed by atoms with Crippen LogP contribution in [-0.2, 0) is 19.9 Å². The molecule has 1 aromatic carbocycles. The summed E-state index contributed by atoms with van der Waals surface area (Å²) in [5, 5.41) is 3.27. The van der Waals surface area contributed by atoms with Crippen LogP contribution in [0.2, 0.25) is 0 Å².